The monoisotopic (exact) mass is 169 g/mol. The van der Waals surface area contributed by atoms with Crippen LogP contribution >= 0.6 is 0 Å². The van der Waals surface area contributed by atoms with Crippen molar-refractivity contribution in [3.05, 3.63) is 0 Å². The number of hydrogen-bond acceptors (Lipinski definition) is 5. The number of ether oxygens (including phenoxy) is 1. The summed E-state index contributed by atoms with van der Waals surface area (Å²) >= 11 is 0. The molecule has 60 valence electrons. The van der Waals surface area contributed by atoms with E-state index in [2.05, 4.69) is 10.6 Å². The van der Waals surface area contributed by atoms with Crippen LogP contribution in [0, 0.1) is 0 Å². The van der Waals surface area contributed by atoms with E-state index < -0.39 is 16.3 Å². The molecule has 0 aromatic heterocycles. The lowest BCUT2D eigenvalue weighted by Gasteiger charge is -2.01. The smallest absolute Gasteiger partial charge is 0.421 e. The van der Waals surface area contributed by atoms with Gasteiger partial charge >= 0.3 is 16.3 Å². The fraction of sp³-hybridized carbons (Fsp3) is 0.500. The van der Waals surface area contributed by atoms with Crippen molar-refractivity contribution in [1.82, 2.24) is 9.55 Å². The third-order valence-electron chi connectivity index (χ3n) is 0.558. The van der Waals surface area contributed by atoms with E-state index in [1.54, 1.807) is 0 Å². The fourth-order valence-electron chi connectivity index (χ4n) is 0.181. The minimum atomic E-state index is -3.93. The Bertz CT molecular complexity index is 209. The zero-order valence-electron chi connectivity index (χ0n) is 5.12. The van der Waals surface area contributed by atoms with Gasteiger partial charge in [-0.2, -0.15) is 8.42 Å². The number of nitrogens with one attached hydrogen (secondary N) is 2. The maximum absolute atomic E-state index is 10.3. The highest BCUT2D eigenvalue weighted by molar-refractivity contribution is 7.88. The standard InChI is InChI=1S/C2H7N3O4S/c1-9-2(6)4-10(7,8)5-3/h5H,3H2,1H3,(H,4,6). The third kappa shape index (κ3) is 3.22. The highest BCUT2D eigenvalue weighted by Gasteiger charge is 2.10. The summed E-state index contributed by atoms with van der Waals surface area (Å²) < 4.78 is 26.0. The Morgan fingerprint density at radius 1 is 1.60 bits per heavy atom. The molecule has 10 heavy (non-hydrogen) atoms. The number of nitrogens with two attached hydrogens (primary N) is 1. The van der Waals surface area contributed by atoms with Crippen LogP contribution < -0.4 is 15.4 Å². The maximum Gasteiger partial charge on any atom is 0.421 e. The SMILES string of the molecule is COC(=O)NS(=O)(=O)NN. The predicted octanol–water partition coefficient (Wildman–Crippen LogP) is -1.95. The molecule has 0 aromatic carbocycles. The summed E-state index contributed by atoms with van der Waals surface area (Å²) in [5, 5.41) is 0. The summed E-state index contributed by atoms with van der Waals surface area (Å²) in [6.45, 7) is 0. The van der Waals surface area contributed by atoms with Crippen LogP contribution in [0.4, 0.5) is 4.79 Å². The van der Waals surface area contributed by atoms with Gasteiger partial charge in [-0.3, -0.25) is 5.84 Å². The van der Waals surface area contributed by atoms with Gasteiger partial charge in [0, 0.05) is 0 Å². The van der Waals surface area contributed by atoms with Crippen molar-refractivity contribution in [3.8, 4) is 0 Å². The second-order valence-electron chi connectivity index (χ2n) is 1.21. The van der Waals surface area contributed by atoms with Gasteiger partial charge in [-0.1, -0.05) is 0 Å². The number of hydrogen-bond donors (Lipinski definition) is 3. The molecular weight excluding hydrogens is 162 g/mol. The van der Waals surface area contributed by atoms with Crippen molar-refractivity contribution in [2.45, 2.75) is 0 Å². The average molecular weight is 169 g/mol. The molecule has 0 aliphatic heterocycles. The van der Waals surface area contributed by atoms with Crippen molar-refractivity contribution in [2.24, 2.45) is 5.84 Å². The maximum atomic E-state index is 10.3. The van der Waals surface area contributed by atoms with Gasteiger partial charge in [-0.05, 0) is 0 Å². The van der Waals surface area contributed by atoms with E-state index in [1.807, 2.05) is 0 Å². The van der Waals surface area contributed by atoms with Crippen LogP contribution in [0.5, 0.6) is 0 Å². The number of rotatable bonds is 2. The molecule has 8 heteroatoms. The van der Waals surface area contributed by atoms with E-state index in [0.29, 0.717) is 0 Å². The second-order valence-corrected chi connectivity index (χ2v) is 2.66. The Morgan fingerprint density at radius 2 is 2.10 bits per heavy atom. The third-order valence-corrected chi connectivity index (χ3v) is 1.30. The van der Waals surface area contributed by atoms with Crippen molar-refractivity contribution in [2.75, 3.05) is 7.11 Å². The van der Waals surface area contributed by atoms with Gasteiger partial charge in [0.25, 0.3) is 0 Å². The van der Waals surface area contributed by atoms with Crippen LogP contribution in [-0.2, 0) is 14.9 Å². The minimum absolute atomic E-state index is 1.03. The Morgan fingerprint density at radius 3 is 2.40 bits per heavy atom. The number of carbonyl (C=O) groups excluding carboxylic acids is 1. The molecule has 0 aliphatic rings. The normalized spacial score (nSPS) is 10.6. The van der Waals surface area contributed by atoms with Crippen LogP contribution in [0.1, 0.15) is 0 Å². The Kier molecular flexibility index (Phi) is 3.06. The molecule has 0 heterocycles. The zero-order chi connectivity index (χ0) is 8.20. The van der Waals surface area contributed by atoms with Crippen LogP contribution in [0.2, 0.25) is 0 Å². The number of carbonyl (C=O) groups is 1. The highest BCUT2D eigenvalue weighted by atomic mass is 32.2. The van der Waals surface area contributed by atoms with E-state index >= 15 is 0 Å². The minimum Gasteiger partial charge on any atom is -0.452 e. The van der Waals surface area contributed by atoms with E-state index in [-0.39, 0.29) is 0 Å². The lowest BCUT2D eigenvalue weighted by atomic mass is 11.2. The molecule has 0 aliphatic carbocycles. The molecule has 0 bridgehead atoms. The number of amides is 1. The van der Waals surface area contributed by atoms with Crippen molar-refractivity contribution >= 4 is 16.3 Å². The average Bonchev–Trinajstić information content (AvgIpc) is 1.87. The summed E-state index contributed by atoms with van der Waals surface area (Å²) in [5.41, 5.74) is 0. The van der Waals surface area contributed by atoms with Crippen LogP contribution in [0.3, 0.4) is 0 Å². The van der Waals surface area contributed by atoms with Gasteiger partial charge in [0.1, 0.15) is 0 Å². The Hall–Kier alpha value is -0.860. The molecule has 0 spiro atoms. The molecule has 7 nitrogen and oxygen atoms in total. The molecule has 0 saturated heterocycles. The second kappa shape index (κ2) is 3.34. The highest BCUT2D eigenvalue weighted by Crippen LogP contribution is 1.75. The Labute approximate surface area is 57.7 Å². The lowest BCUT2D eigenvalue weighted by Crippen LogP contribution is -2.43. The lowest BCUT2D eigenvalue weighted by molar-refractivity contribution is 0.177. The first kappa shape index (κ1) is 9.14. The largest absolute Gasteiger partial charge is 0.452 e. The van der Waals surface area contributed by atoms with E-state index in [9.17, 15) is 13.2 Å². The van der Waals surface area contributed by atoms with Crippen LogP contribution in [0.15, 0.2) is 0 Å². The summed E-state index contributed by atoms with van der Waals surface area (Å²) in [6.07, 6.45) is -1.10. The van der Waals surface area contributed by atoms with Gasteiger partial charge in [-0.25, -0.2) is 9.52 Å². The van der Waals surface area contributed by atoms with Crippen molar-refractivity contribution in [3.63, 3.8) is 0 Å². The molecular formula is C2H7N3O4S. The van der Waals surface area contributed by atoms with E-state index in [0.717, 1.165) is 7.11 Å². The number of methoxy groups -OCH3 is 1. The van der Waals surface area contributed by atoms with E-state index in [4.69, 9.17) is 0 Å². The topological polar surface area (TPSA) is 111 Å². The Balaban J connectivity index is 4.03. The first-order chi connectivity index (χ1) is 4.52. The summed E-state index contributed by atoms with van der Waals surface area (Å²) in [4.78, 5) is 11.5. The fourth-order valence-corrected chi connectivity index (χ4v) is 0.543. The van der Waals surface area contributed by atoms with Crippen molar-refractivity contribution in [1.29, 1.82) is 0 Å². The van der Waals surface area contributed by atoms with Gasteiger partial charge in [0.2, 0.25) is 0 Å². The molecule has 0 fully saturated rings. The first-order valence-corrected chi connectivity index (χ1v) is 3.58. The molecule has 0 unspecified atom stereocenters. The molecule has 0 rings (SSSR count). The van der Waals surface area contributed by atoms with Gasteiger partial charge in [0.05, 0.1) is 7.11 Å². The van der Waals surface area contributed by atoms with Crippen LogP contribution in [-0.4, -0.2) is 21.6 Å². The number of hydrazine groups is 1. The molecule has 0 radical (unpaired) electrons. The molecule has 0 aromatic rings. The summed E-state index contributed by atoms with van der Waals surface area (Å²) in [5.74, 6) is 4.50. The quantitative estimate of drug-likeness (QED) is 0.328. The van der Waals surface area contributed by atoms with Crippen molar-refractivity contribution < 1.29 is 17.9 Å². The molecule has 0 saturated carbocycles. The first-order valence-electron chi connectivity index (χ1n) is 2.10. The molecule has 0 atom stereocenters. The molecule has 4 N–H and O–H groups in total. The summed E-state index contributed by atoms with van der Waals surface area (Å²) in [7, 11) is -2.90. The van der Waals surface area contributed by atoms with Crippen LogP contribution in [0.25, 0.3) is 0 Å². The van der Waals surface area contributed by atoms with Gasteiger partial charge < -0.3 is 4.74 Å². The van der Waals surface area contributed by atoms with Gasteiger partial charge in [-0.15, -0.1) is 4.83 Å². The molecule has 1 amide bonds. The van der Waals surface area contributed by atoms with E-state index in [1.165, 1.54) is 9.55 Å². The van der Waals surface area contributed by atoms with Gasteiger partial charge in [0.15, 0.2) is 0 Å². The zero-order valence-corrected chi connectivity index (χ0v) is 5.94. The predicted molar refractivity (Wildman–Crippen MR) is 31.8 cm³/mol. The summed E-state index contributed by atoms with van der Waals surface area (Å²) in [6, 6.07) is 0.